The number of nitrogens with one attached hydrogen (secondary N) is 1. The van der Waals surface area contributed by atoms with Crippen molar-refractivity contribution in [2.24, 2.45) is 5.92 Å². The van der Waals surface area contributed by atoms with E-state index in [0.717, 1.165) is 18.2 Å². The number of anilines is 1. The van der Waals surface area contributed by atoms with Gasteiger partial charge in [0.1, 0.15) is 5.82 Å². The Morgan fingerprint density at radius 3 is 2.58 bits per heavy atom. The summed E-state index contributed by atoms with van der Waals surface area (Å²) < 4.78 is 13.5. The van der Waals surface area contributed by atoms with Crippen molar-refractivity contribution in [2.75, 3.05) is 18.9 Å². The summed E-state index contributed by atoms with van der Waals surface area (Å²) in [6.45, 7) is 4.43. The third-order valence-corrected chi connectivity index (χ3v) is 2.44. The van der Waals surface area contributed by atoms with Crippen LogP contribution in [0.1, 0.15) is 24.2 Å². The first-order chi connectivity index (χ1) is 8.81. The zero-order chi connectivity index (χ0) is 14.6. The molecule has 0 aromatic heterocycles. The largest absolute Gasteiger partial charge is 0.478 e. The predicted molar refractivity (Wildman–Crippen MR) is 69.8 cm³/mol. The Kier molecular flexibility index (Phi) is 4.86. The molecule has 0 aliphatic heterocycles. The molecule has 1 aromatic carbocycles. The van der Waals surface area contributed by atoms with E-state index in [1.165, 1.54) is 4.90 Å². The summed E-state index contributed by atoms with van der Waals surface area (Å²) in [7, 11) is 1.59. The molecule has 2 N–H and O–H groups in total. The third-order valence-electron chi connectivity index (χ3n) is 2.44. The highest BCUT2D eigenvalue weighted by molar-refractivity contribution is 5.93. The molecule has 0 aliphatic rings. The number of hydrogen-bond donors (Lipinski definition) is 2. The molecule has 0 bridgehead atoms. The summed E-state index contributed by atoms with van der Waals surface area (Å²) in [4.78, 5) is 24.0. The van der Waals surface area contributed by atoms with Crippen molar-refractivity contribution < 1.29 is 19.1 Å². The van der Waals surface area contributed by atoms with E-state index in [1.807, 2.05) is 13.8 Å². The Bertz CT molecular complexity index is 489. The first-order valence-corrected chi connectivity index (χ1v) is 5.86. The molecule has 0 heterocycles. The highest BCUT2D eigenvalue weighted by atomic mass is 19.1. The van der Waals surface area contributed by atoms with Gasteiger partial charge in [-0.25, -0.2) is 14.0 Å². The Labute approximate surface area is 111 Å². The molecule has 104 valence electrons. The van der Waals surface area contributed by atoms with Crippen LogP contribution in [0.15, 0.2) is 18.2 Å². The van der Waals surface area contributed by atoms with Gasteiger partial charge in [0, 0.05) is 13.6 Å². The minimum atomic E-state index is -1.17. The second kappa shape index (κ2) is 6.17. The first-order valence-electron chi connectivity index (χ1n) is 5.86. The van der Waals surface area contributed by atoms with Crippen molar-refractivity contribution >= 4 is 17.7 Å². The second-order valence-electron chi connectivity index (χ2n) is 4.70. The number of carboxylic acid groups (broad SMARTS) is 1. The fraction of sp³-hybridized carbons (Fsp3) is 0.385. The van der Waals surface area contributed by atoms with Gasteiger partial charge in [-0.05, 0) is 24.1 Å². The lowest BCUT2D eigenvalue weighted by Crippen LogP contribution is -2.34. The molecule has 6 heteroatoms. The van der Waals surface area contributed by atoms with Gasteiger partial charge in [-0.3, -0.25) is 0 Å². The van der Waals surface area contributed by atoms with Crippen molar-refractivity contribution in [3.8, 4) is 0 Å². The Morgan fingerprint density at radius 1 is 1.42 bits per heavy atom. The zero-order valence-electron chi connectivity index (χ0n) is 11.1. The molecular weight excluding hydrogens is 251 g/mol. The topological polar surface area (TPSA) is 69.6 Å². The average Bonchev–Trinajstić information content (AvgIpc) is 2.30. The van der Waals surface area contributed by atoms with Gasteiger partial charge in [0.15, 0.2) is 0 Å². The van der Waals surface area contributed by atoms with E-state index in [-0.39, 0.29) is 17.2 Å². The molecule has 2 amide bonds. The average molecular weight is 268 g/mol. The number of carbonyl (C=O) groups excluding carboxylic acids is 1. The van der Waals surface area contributed by atoms with Crippen LogP contribution in [0.2, 0.25) is 0 Å². The number of carbonyl (C=O) groups is 2. The van der Waals surface area contributed by atoms with E-state index in [0.29, 0.717) is 6.54 Å². The number of rotatable bonds is 4. The molecule has 0 unspecified atom stereocenters. The van der Waals surface area contributed by atoms with Crippen LogP contribution in [-0.4, -0.2) is 35.6 Å². The number of hydrogen-bond acceptors (Lipinski definition) is 2. The van der Waals surface area contributed by atoms with Crippen LogP contribution in [0.25, 0.3) is 0 Å². The summed E-state index contributed by atoms with van der Waals surface area (Å²) >= 11 is 0. The van der Waals surface area contributed by atoms with E-state index in [9.17, 15) is 14.0 Å². The van der Waals surface area contributed by atoms with Gasteiger partial charge in [0.2, 0.25) is 0 Å². The van der Waals surface area contributed by atoms with Crippen molar-refractivity contribution in [2.45, 2.75) is 13.8 Å². The second-order valence-corrected chi connectivity index (χ2v) is 4.70. The van der Waals surface area contributed by atoms with E-state index in [4.69, 9.17) is 5.11 Å². The third kappa shape index (κ3) is 4.24. The van der Waals surface area contributed by atoms with E-state index >= 15 is 0 Å². The van der Waals surface area contributed by atoms with Gasteiger partial charge in [0.05, 0.1) is 11.3 Å². The van der Waals surface area contributed by atoms with E-state index in [2.05, 4.69) is 5.32 Å². The fourth-order valence-corrected chi connectivity index (χ4v) is 1.60. The van der Waals surface area contributed by atoms with Crippen LogP contribution >= 0.6 is 0 Å². The number of halogens is 1. The minimum absolute atomic E-state index is 0.0804. The highest BCUT2D eigenvalue weighted by Gasteiger charge is 2.14. The molecular formula is C13H17FN2O3. The molecule has 1 rings (SSSR count). The quantitative estimate of drug-likeness (QED) is 0.882. The molecule has 0 aliphatic carbocycles. The number of urea groups is 1. The Morgan fingerprint density at radius 2 is 2.05 bits per heavy atom. The van der Waals surface area contributed by atoms with Gasteiger partial charge in [-0.1, -0.05) is 13.8 Å². The molecule has 5 nitrogen and oxygen atoms in total. The number of carboxylic acids is 1. The van der Waals surface area contributed by atoms with Crippen LogP contribution < -0.4 is 5.32 Å². The van der Waals surface area contributed by atoms with Gasteiger partial charge in [-0.15, -0.1) is 0 Å². The maximum Gasteiger partial charge on any atom is 0.335 e. The normalized spacial score (nSPS) is 10.4. The lowest BCUT2D eigenvalue weighted by atomic mass is 10.2. The summed E-state index contributed by atoms with van der Waals surface area (Å²) in [6.07, 6.45) is 0. The maximum absolute atomic E-state index is 13.5. The molecule has 1 aromatic rings. The zero-order valence-corrected chi connectivity index (χ0v) is 11.1. The molecule has 0 saturated heterocycles. The number of amides is 2. The van der Waals surface area contributed by atoms with E-state index < -0.39 is 17.8 Å². The molecule has 0 spiro atoms. The summed E-state index contributed by atoms with van der Waals surface area (Å²) in [5.41, 5.74) is -0.219. The Hall–Kier alpha value is -2.11. The lowest BCUT2D eigenvalue weighted by molar-refractivity contribution is 0.0697. The SMILES string of the molecule is CC(C)CN(C)C(=O)Nc1cc(C(=O)O)ccc1F. The summed E-state index contributed by atoms with van der Waals surface area (Å²) in [6, 6.07) is 2.78. The minimum Gasteiger partial charge on any atom is -0.478 e. The molecule has 0 saturated carbocycles. The Balaban J connectivity index is 2.84. The first kappa shape index (κ1) is 14.9. The summed E-state index contributed by atoms with van der Waals surface area (Å²) in [5, 5.41) is 11.2. The van der Waals surface area contributed by atoms with Crippen LogP contribution in [-0.2, 0) is 0 Å². The molecule has 0 fully saturated rings. The van der Waals surface area contributed by atoms with Crippen molar-refractivity contribution in [1.29, 1.82) is 0 Å². The van der Waals surface area contributed by atoms with Gasteiger partial charge in [0.25, 0.3) is 0 Å². The fourth-order valence-electron chi connectivity index (χ4n) is 1.60. The molecule has 19 heavy (non-hydrogen) atoms. The monoisotopic (exact) mass is 268 g/mol. The number of aromatic carboxylic acids is 1. The van der Waals surface area contributed by atoms with Crippen LogP contribution in [0.4, 0.5) is 14.9 Å². The summed E-state index contributed by atoms with van der Waals surface area (Å²) in [5.74, 6) is -1.56. The van der Waals surface area contributed by atoms with E-state index in [1.54, 1.807) is 7.05 Å². The van der Waals surface area contributed by atoms with Crippen LogP contribution in [0.3, 0.4) is 0 Å². The standard InChI is InChI=1S/C13H17FN2O3/c1-8(2)7-16(3)13(19)15-11-6-9(12(17)18)4-5-10(11)14/h4-6,8H,7H2,1-3H3,(H,15,19)(H,17,18). The lowest BCUT2D eigenvalue weighted by Gasteiger charge is -2.20. The molecule has 0 atom stereocenters. The van der Waals surface area contributed by atoms with Crippen LogP contribution in [0.5, 0.6) is 0 Å². The van der Waals surface area contributed by atoms with Gasteiger partial charge in [-0.2, -0.15) is 0 Å². The van der Waals surface area contributed by atoms with Gasteiger partial charge >= 0.3 is 12.0 Å². The predicted octanol–water partition coefficient (Wildman–Crippen LogP) is 2.64. The van der Waals surface area contributed by atoms with Crippen LogP contribution in [0, 0.1) is 11.7 Å². The van der Waals surface area contributed by atoms with Crippen molar-refractivity contribution in [3.63, 3.8) is 0 Å². The maximum atomic E-state index is 13.5. The van der Waals surface area contributed by atoms with Crippen molar-refractivity contribution in [3.05, 3.63) is 29.6 Å². The smallest absolute Gasteiger partial charge is 0.335 e. The number of benzene rings is 1. The number of nitrogens with zero attached hydrogens (tertiary/aromatic N) is 1. The highest BCUT2D eigenvalue weighted by Crippen LogP contribution is 2.17. The van der Waals surface area contributed by atoms with Crippen molar-refractivity contribution in [1.82, 2.24) is 4.90 Å². The molecule has 0 radical (unpaired) electrons. The van der Waals surface area contributed by atoms with Gasteiger partial charge < -0.3 is 15.3 Å².